The van der Waals surface area contributed by atoms with Crippen molar-refractivity contribution in [1.29, 1.82) is 0 Å². The van der Waals surface area contributed by atoms with Gasteiger partial charge in [-0.2, -0.15) is 0 Å². The molecule has 0 aromatic carbocycles. The molecule has 2 saturated heterocycles. The van der Waals surface area contributed by atoms with Crippen LogP contribution >= 0.6 is 11.3 Å². The Morgan fingerprint density at radius 1 is 1.23 bits per heavy atom. The number of hydrogen-bond acceptors (Lipinski definition) is 9. The van der Waals surface area contributed by atoms with Crippen LogP contribution in [-0.2, 0) is 32.2 Å². The van der Waals surface area contributed by atoms with Crippen LogP contribution in [-0.4, -0.2) is 73.6 Å². The highest BCUT2D eigenvalue weighted by molar-refractivity contribution is 7.19. The third kappa shape index (κ3) is 5.07. The number of rotatable bonds is 6. The van der Waals surface area contributed by atoms with Crippen molar-refractivity contribution in [2.45, 2.75) is 66.3 Å². The third-order valence-electron chi connectivity index (χ3n) is 8.66. The van der Waals surface area contributed by atoms with E-state index in [0.29, 0.717) is 30.1 Å². The van der Waals surface area contributed by atoms with Gasteiger partial charge in [-0.15, -0.1) is 11.3 Å². The number of hydrogen-bond donors (Lipinski definition) is 0. The summed E-state index contributed by atoms with van der Waals surface area (Å²) in [6.45, 7) is 12.5. The summed E-state index contributed by atoms with van der Waals surface area (Å²) < 4.78 is 14.2. The van der Waals surface area contributed by atoms with Gasteiger partial charge in [0.15, 0.2) is 0 Å². The predicted molar refractivity (Wildman–Crippen MR) is 158 cm³/mol. The van der Waals surface area contributed by atoms with E-state index < -0.39 is 22.7 Å². The molecular formula is C30H35N5O7S. The van der Waals surface area contributed by atoms with Crippen molar-refractivity contribution in [1.82, 2.24) is 19.4 Å². The minimum atomic E-state index is -0.631. The van der Waals surface area contributed by atoms with Gasteiger partial charge in [0.2, 0.25) is 11.8 Å². The molecular weight excluding hydrogens is 574 g/mol. The van der Waals surface area contributed by atoms with Gasteiger partial charge in [0.1, 0.15) is 5.60 Å². The van der Waals surface area contributed by atoms with E-state index in [-0.39, 0.29) is 54.4 Å². The standard InChI is InChI=1S/C30H35N5O7S/c1-16-21(35(39)40)12-22(33(16)14-17-13-32(9-10-41-17)28(38)42-29(2,3)4)19-7-8-31-20-11-18(43-25(19)20)15-34-26(36)23-24(27(34)37)30(23,5)6/h7-8,11-12,17,23-24H,9-10,13-15H2,1-6H3/t17-,23?,24?/m0/s1. The predicted octanol–water partition coefficient (Wildman–Crippen LogP) is 4.76. The van der Waals surface area contributed by atoms with Crippen LogP contribution in [0.4, 0.5) is 10.5 Å². The lowest BCUT2D eigenvalue weighted by atomic mass is 10.1. The van der Waals surface area contributed by atoms with Crippen LogP contribution in [0.5, 0.6) is 0 Å². The molecule has 3 atom stereocenters. The molecule has 0 N–H and O–H groups in total. The number of imide groups is 1. The summed E-state index contributed by atoms with van der Waals surface area (Å²) in [7, 11) is 0. The van der Waals surface area contributed by atoms with Crippen molar-refractivity contribution in [3.8, 4) is 11.3 Å². The first-order chi connectivity index (χ1) is 20.2. The van der Waals surface area contributed by atoms with Crippen molar-refractivity contribution in [3.63, 3.8) is 0 Å². The van der Waals surface area contributed by atoms with Crippen LogP contribution in [0, 0.1) is 34.3 Å². The van der Waals surface area contributed by atoms with E-state index in [1.54, 1.807) is 24.1 Å². The van der Waals surface area contributed by atoms with E-state index in [2.05, 4.69) is 4.98 Å². The van der Waals surface area contributed by atoms with Crippen molar-refractivity contribution in [2.24, 2.45) is 17.3 Å². The molecule has 43 heavy (non-hydrogen) atoms. The van der Waals surface area contributed by atoms with Gasteiger partial charge in [0, 0.05) is 29.2 Å². The molecule has 2 aliphatic heterocycles. The van der Waals surface area contributed by atoms with E-state index >= 15 is 0 Å². The summed E-state index contributed by atoms with van der Waals surface area (Å²) in [4.78, 5) is 58.5. The molecule has 0 radical (unpaired) electrons. The molecule has 3 fully saturated rings. The van der Waals surface area contributed by atoms with Crippen LogP contribution < -0.4 is 0 Å². The number of aromatic nitrogens is 2. The number of ether oxygens (including phenoxy) is 2. The molecule has 1 saturated carbocycles. The molecule has 2 unspecified atom stereocenters. The van der Waals surface area contributed by atoms with Gasteiger partial charge in [-0.3, -0.25) is 29.6 Å². The molecule has 0 spiro atoms. The first-order valence-corrected chi connectivity index (χ1v) is 15.2. The van der Waals surface area contributed by atoms with E-state index in [9.17, 15) is 24.5 Å². The Hall–Kier alpha value is -3.84. The second-order valence-electron chi connectivity index (χ2n) is 13.1. The molecule has 6 rings (SSSR count). The quantitative estimate of drug-likeness (QED) is 0.222. The van der Waals surface area contributed by atoms with Crippen LogP contribution in [0.15, 0.2) is 24.4 Å². The minimum absolute atomic E-state index is 0.0216. The average molecular weight is 610 g/mol. The summed E-state index contributed by atoms with van der Waals surface area (Å²) in [5.41, 5.74) is 1.60. The Bertz CT molecular complexity index is 1640. The summed E-state index contributed by atoms with van der Waals surface area (Å²) in [6.07, 6.45) is 0.816. The topological polar surface area (TPSA) is 137 Å². The number of pyridine rings is 1. The summed E-state index contributed by atoms with van der Waals surface area (Å²) in [6, 6.07) is 5.24. The van der Waals surface area contributed by atoms with Gasteiger partial charge < -0.3 is 18.9 Å². The fourth-order valence-electron chi connectivity index (χ4n) is 6.38. The average Bonchev–Trinajstić information content (AvgIpc) is 3.21. The van der Waals surface area contributed by atoms with Crippen molar-refractivity contribution >= 4 is 45.1 Å². The highest BCUT2D eigenvalue weighted by Gasteiger charge is 2.72. The zero-order chi connectivity index (χ0) is 31.0. The summed E-state index contributed by atoms with van der Waals surface area (Å²) in [5, 5.41) is 12.0. The molecule has 0 bridgehead atoms. The normalized spacial score (nSPS) is 23.2. The fraction of sp³-hybridized carbons (Fsp3) is 0.533. The number of nitro groups is 1. The number of nitrogens with zero attached hydrogens (tertiary/aromatic N) is 5. The monoisotopic (exact) mass is 609 g/mol. The number of carbonyl (C=O) groups is 3. The van der Waals surface area contributed by atoms with Crippen molar-refractivity contribution in [2.75, 3.05) is 19.7 Å². The van der Waals surface area contributed by atoms with Crippen LogP contribution in [0.1, 0.15) is 45.2 Å². The van der Waals surface area contributed by atoms with Crippen molar-refractivity contribution < 1.29 is 28.8 Å². The van der Waals surface area contributed by atoms with Crippen molar-refractivity contribution in [3.05, 3.63) is 45.1 Å². The molecule has 1 aliphatic carbocycles. The Morgan fingerprint density at radius 3 is 2.58 bits per heavy atom. The van der Waals surface area contributed by atoms with Crippen LogP contribution in [0.25, 0.3) is 21.5 Å². The second kappa shape index (κ2) is 10.1. The number of thiophene rings is 1. The van der Waals surface area contributed by atoms with Gasteiger partial charge in [-0.05, 0) is 45.2 Å². The van der Waals surface area contributed by atoms with E-state index in [4.69, 9.17) is 9.47 Å². The number of morpholine rings is 1. The second-order valence-corrected chi connectivity index (χ2v) is 14.2. The molecule has 3 aliphatic rings. The molecule has 12 nitrogen and oxygen atoms in total. The number of carbonyl (C=O) groups excluding carboxylic acids is 3. The smallest absolute Gasteiger partial charge is 0.410 e. The zero-order valence-electron chi connectivity index (χ0n) is 25.1. The van der Waals surface area contributed by atoms with E-state index in [0.717, 1.165) is 15.1 Å². The molecule has 3 aromatic rings. The Labute approximate surface area is 252 Å². The fourth-order valence-corrected chi connectivity index (χ4v) is 7.51. The SMILES string of the molecule is Cc1c([N+](=O)[O-])cc(-c2ccnc3cc(CN4C(=O)C5C(C4=O)C5(C)C)sc23)n1C[C@@H]1CN(C(=O)OC(C)(C)C)CCO1. The third-order valence-corrected chi connectivity index (χ3v) is 9.80. The molecule has 5 heterocycles. The van der Waals surface area contributed by atoms with E-state index in [1.807, 2.05) is 51.3 Å². The minimum Gasteiger partial charge on any atom is -0.444 e. The first kappa shape index (κ1) is 29.2. The molecule has 3 amide bonds. The zero-order valence-corrected chi connectivity index (χ0v) is 25.9. The number of piperidine rings is 1. The molecule has 228 valence electrons. The Kier molecular flexibility index (Phi) is 6.88. The summed E-state index contributed by atoms with van der Waals surface area (Å²) >= 11 is 1.42. The van der Waals surface area contributed by atoms with Gasteiger partial charge in [-0.25, -0.2) is 4.79 Å². The first-order valence-electron chi connectivity index (χ1n) is 14.3. The molecule has 13 heteroatoms. The lowest BCUT2D eigenvalue weighted by Crippen LogP contribution is -2.48. The number of fused-ring (bicyclic) bond motifs is 2. The van der Waals surface area contributed by atoms with Gasteiger partial charge in [-0.1, -0.05) is 13.8 Å². The molecule has 3 aromatic heterocycles. The van der Waals surface area contributed by atoms with Gasteiger partial charge >= 0.3 is 6.09 Å². The lowest BCUT2D eigenvalue weighted by Gasteiger charge is -2.34. The summed E-state index contributed by atoms with van der Waals surface area (Å²) in [5.74, 6) is -0.747. The number of likely N-dealkylation sites (tertiary alicyclic amines) is 1. The number of amides is 3. The van der Waals surface area contributed by atoms with Gasteiger partial charge in [0.25, 0.3) is 5.69 Å². The Balaban J connectivity index is 1.30. The Morgan fingerprint density at radius 2 is 1.93 bits per heavy atom. The largest absolute Gasteiger partial charge is 0.444 e. The maximum Gasteiger partial charge on any atom is 0.410 e. The van der Waals surface area contributed by atoms with E-state index in [1.165, 1.54) is 16.2 Å². The highest BCUT2D eigenvalue weighted by atomic mass is 32.1. The lowest BCUT2D eigenvalue weighted by molar-refractivity contribution is -0.385. The van der Waals surface area contributed by atoms with Gasteiger partial charge in [0.05, 0.1) is 70.7 Å². The maximum atomic E-state index is 12.9. The van der Waals surface area contributed by atoms with Crippen LogP contribution in [0.2, 0.25) is 0 Å². The maximum absolute atomic E-state index is 12.9. The highest BCUT2D eigenvalue weighted by Crippen LogP contribution is 2.63. The van der Waals surface area contributed by atoms with Crippen LogP contribution in [0.3, 0.4) is 0 Å².